The molecule has 0 aliphatic heterocycles. The van der Waals surface area contributed by atoms with Gasteiger partial charge in [-0.05, 0) is 29.0 Å². The van der Waals surface area contributed by atoms with E-state index in [1.807, 2.05) is 0 Å². The number of pyridine rings is 1. The Morgan fingerprint density at radius 3 is 2.81 bits per heavy atom. The highest BCUT2D eigenvalue weighted by molar-refractivity contribution is 5.73. The standard InChI is InChI=1S/C18H19N3/c1-18(2)9-15-17(13-5-3-4-6-14(13)18)20-16-8-7-12(10-19)11-21(15)16/h3-8,11H,9-10,19H2,1-2H3. The lowest BCUT2D eigenvalue weighted by Gasteiger charge is -2.32. The van der Waals surface area contributed by atoms with Crippen molar-refractivity contribution in [1.29, 1.82) is 0 Å². The van der Waals surface area contributed by atoms with E-state index in [1.165, 1.54) is 16.8 Å². The third-order valence-electron chi connectivity index (χ3n) is 4.54. The summed E-state index contributed by atoms with van der Waals surface area (Å²) >= 11 is 0. The third-order valence-corrected chi connectivity index (χ3v) is 4.54. The molecule has 21 heavy (non-hydrogen) atoms. The first kappa shape index (κ1) is 12.6. The van der Waals surface area contributed by atoms with Gasteiger partial charge in [-0.15, -0.1) is 0 Å². The van der Waals surface area contributed by atoms with Crippen molar-refractivity contribution < 1.29 is 0 Å². The predicted molar refractivity (Wildman–Crippen MR) is 85.2 cm³/mol. The molecule has 0 fully saturated rings. The Labute approximate surface area is 124 Å². The molecule has 4 rings (SSSR count). The molecule has 2 aromatic heterocycles. The third kappa shape index (κ3) is 1.74. The van der Waals surface area contributed by atoms with Crippen LogP contribution in [-0.4, -0.2) is 9.38 Å². The van der Waals surface area contributed by atoms with E-state index in [0.29, 0.717) is 6.54 Å². The van der Waals surface area contributed by atoms with Gasteiger partial charge in [0.1, 0.15) is 5.65 Å². The lowest BCUT2D eigenvalue weighted by atomic mass is 9.73. The highest BCUT2D eigenvalue weighted by atomic mass is 15.0. The Balaban J connectivity index is 2.06. The molecule has 2 heterocycles. The van der Waals surface area contributed by atoms with Crippen molar-refractivity contribution in [2.24, 2.45) is 5.73 Å². The molecule has 3 aromatic rings. The molecule has 1 aliphatic rings. The quantitative estimate of drug-likeness (QED) is 0.741. The highest BCUT2D eigenvalue weighted by Crippen LogP contribution is 2.42. The summed E-state index contributed by atoms with van der Waals surface area (Å²) in [5.74, 6) is 0. The molecule has 106 valence electrons. The largest absolute Gasteiger partial charge is 0.326 e. The number of hydrogen-bond donors (Lipinski definition) is 1. The lowest BCUT2D eigenvalue weighted by molar-refractivity contribution is 0.507. The molecule has 0 bridgehead atoms. The number of nitrogens with zero attached hydrogens (tertiary/aromatic N) is 2. The van der Waals surface area contributed by atoms with Crippen LogP contribution >= 0.6 is 0 Å². The van der Waals surface area contributed by atoms with Gasteiger partial charge < -0.3 is 10.1 Å². The second-order valence-corrected chi connectivity index (χ2v) is 6.48. The molecule has 0 radical (unpaired) electrons. The molecule has 0 spiro atoms. The summed E-state index contributed by atoms with van der Waals surface area (Å²) < 4.78 is 2.22. The maximum atomic E-state index is 5.78. The van der Waals surface area contributed by atoms with Gasteiger partial charge in [0.2, 0.25) is 0 Å². The van der Waals surface area contributed by atoms with Crippen molar-refractivity contribution in [3.05, 3.63) is 59.4 Å². The zero-order valence-electron chi connectivity index (χ0n) is 12.4. The van der Waals surface area contributed by atoms with Gasteiger partial charge in [-0.2, -0.15) is 0 Å². The summed E-state index contributed by atoms with van der Waals surface area (Å²) in [6, 6.07) is 12.8. The average Bonchev–Trinajstić information content (AvgIpc) is 2.85. The fourth-order valence-corrected chi connectivity index (χ4v) is 3.44. The molecule has 3 heteroatoms. The second kappa shape index (κ2) is 4.18. The van der Waals surface area contributed by atoms with Crippen LogP contribution < -0.4 is 5.73 Å². The molecule has 0 amide bonds. The minimum absolute atomic E-state index is 0.123. The summed E-state index contributed by atoms with van der Waals surface area (Å²) in [6.45, 7) is 5.17. The maximum absolute atomic E-state index is 5.78. The van der Waals surface area contributed by atoms with Crippen molar-refractivity contribution in [2.45, 2.75) is 32.2 Å². The van der Waals surface area contributed by atoms with Crippen molar-refractivity contribution in [1.82, 2.24) is 9.38 Å². The van der Waals surface area contributed by atoms with Crippen LogP contribution in [-0.2, 0) is 18.4 Å². The minimum Gasteiger partial charge on any atom is -0.326 e. The topological polar surface area (TPSA) is 43.3 Å². The monoisotopic (exact) mass is 277 g/mol. The van der Waals surface area contributed by atoms with Crippen molar-refractivity contribution >= 4 is 5.65 Å². The number of fused-ring (bicyclic) bond motifs is 5. The van der Waals surface area contributed by atoms with E-state index in [4.69, 9.17) is 10.7 Å². The molecular formula is C18H19N3. The predicted octanol–water partition coefficient (Wildman–Crippen LogP) is 3.29. The lowest BCUT2D eigenvalue weighted by Crippen LogP contribution is -2.26. The molecular weight excluding hydrogens is 258 g/mol. The Hall–Kier alpha value is -2.13. The van der Waals surface area contributed by atoms with Crippen LogP contribution in [0.25, 0.3) is 16.9 Å². The summed E-state index contributed by atoms with van der Waals surface area (Å²) in [7, 11) is 0. The summed E-state index contributed by atoms with van der Waals surface area (Å²) in [5, 5.41) is 0. The molecule has 0 saturated heterocycles. The van der Waals surface area contributed by atoms with Crippen molar-refractivity contribution in [2.75, 3.05) is 0 Å². The Morgan fingerprint density at radius 1 is 1.19 bits per heavy atom. The van der Waals surface area contributed by atoms with E-state index < -0.39 is 0 Å². The Kier molecular flexibility index (Phi) is 2.51. The van der Waals surface area contributed by atoms with Gasteiger partial charge in [0, 0.05) is 18.3 Å². The molecule has 0 unspecified atom stereocenters. The van der Waals surface area contributed by atoms with E-state index in [2.05, 4.69) is 60.8 Å². The number of nitrogens with two attached hydrogens (primary N) is 1. The van der Waals surface area contributed by atoms with Crippen LogP contribution in [0, 0.1) is 0 Å². The van der Waals surface area contributed by atoms with Gasteiger partial charge in [0.15, 0.2) is 0 Å². The van der Waals surface area contributed by atoms with E-state index in [1.54, 1.807) is 0 Å². The number of benzene rings is 1. The van der Waals surface area contributed by atoms with E-state index in [9.17, 15) is 0 Å². The van der Waals surface area contributed by atoms with Crippen LogP contribution in [0.1, 0.15) is 30.7 Å². The Morgan fingerprint density at radius 2 is 2.00 bits per heavy atom. The molecule has 2 N–H and O–H groups in total. The van der Waals surface area contributed by atoms with Crippen LogP contribution in [0.3, 0.4) is 0 Å². The summed E-state index contributed by atoms with van der Waals surface area (Å²) in [4.78, 5) is 4.86. The molecule has 3 nitrogen and oxygen atoms in total. The molecule has 0 atom stereocenters. The molecule has 0 saturated carbocycles. The van der Waals surface area contributed by atoms with Gasteiger partial charge in [0.05, 0.1) is 11.4 Å². The summed E-state index contributed by atoms with van der Waals surface area (Å²) in [5.41, 5.74) is 13.1. The van der Waals surface area contributed by atoms with Gasteiger partial charge in [-0.25, -0.2) is 4.98 Å². The van der Waals surface area contributed by atoms with Crippen LogP contribution in [0.15, 0.2) is 42.6 Å². The normalized spacial score (nSPS) is 15.8. The van der Waals surface area contributed by atoms with Crippen LogP contribution in [0.4, 0.5) is 0 Å². The van der Waals surface area contributed by atoms with Gasteiger partial charge in [-0.1, -0.05) is 44.2 Å². The maximum Gasteiger partial charge on any atom is 0.137 e. The smallest absolute Gasteiger partial charge is 0.137 e. The van der Waals surface area contributed by atoms with E-state index >= 15 is 0 Å². The average molecular weight is 277 g/mol. The summed E-state index contributed by atoms with van der Waals surface area (Å²) in [6.07, 6.45) is 3.12. The van der Waals surface area contributed by atoms with Crippen LogP contribution in [0.2, 0.25) is 0 Å². The number of aromatic nitrogens is 2. The number of rotatable bonds is 1. The molecule has 1 aliphatic carbocycles. The fourth-order valence-electron chi connectivity index (χ4n) is 3.44. The first-order valence-electron chi connectivity index (χ1n) is 7.40. The zero-order valence-corrected chi connectivity index (χ0v) is 12.4. The van der Waals surface area contributed by atoms with Crippen molar-refractivity contribution in [3.63, 3.8) is 0 Å². The zero-order chi connectivity index (χ0) is 14.6. The first-order valence-corrected chi connectivity index (χ1v) is 7.40. The SMILES string of the molecule is CC1(C)Cc2c(nc3ccc(CN)cn23)-c2ccccc21. The Bertz CT molecular complexity index is 843. The van der Waals surface area contributed by atoms with E-state index in [-0.39, 0.29) is 5.41 Å². The van der Waals surface area contributed by atoms with Gasteiger partial charge >= 0.3 is 0 Å². The minimum atomic E-state index is 0.123. The number of imidazole rings is 1. The number of hydrogen-bond acceptors (Lipinski definition) is 2. The van der Waals surface area contributed by atoms with Crippen LogP contribution in [0.5, 0.6) is 0 Å². The highest BCUT2D eigenvalue weighted by Gasteiger charge is 2.33. The second-order valence-electron chi connectivity index (χ2n) is 6.48. The van der Waals surface area contributed by atoms with Gasteiger partial charge in [0.25, 0.3) is 0 Å². The van der Waals surface area contributed by atoms with Gasteiger partial charge in [-0.3, -0.25) is 0 Å². The van der Waals surface area contributed by atoms with Crippen molar-refractivity contribution in [3.8, 4) is 11.3 Å². The first-order chi connectivity index (χ1) is 10.1. The fraction of sp³-hybridized carbons (Fsp3) is 0.278. The molecule has 1 aromatic carbocycles. The van der Waals surface area contributed by atoms with E-state index in [0.717, 1.165) is 23.3 Å².